The van der Waals surface area contributed by atoms with E-state index in [9.17, 15) is 9.59 Å². The summed E-state index contributed by atoms with van der Waals surface area (Å²) >= 11 is 0. The normalized spacial score (nSPS) is 12.4. The number of esters is 1. The zero-order valence-corrected chi connectivity index (χ0v) is 11.2. The minimum atomic E-state index is -0.536. The van der Waals surface area contributed by atoms with Gasteiger partial charge >= 0.3 is 5.97 Å². The number of nitrogens with zero attached hydrogens (tertiary/aromatic N) is 1. The third kappa shape index (κ3) is 6.26. The summed E-state index contributed by atoms with van der Waals surface area (Å²) in [6.45, 7) is 6.48. The van der Waals surface area contributed by atoms with Gasteiger partial charge in [-0.3, -0.25) is 9.59 Å². The molecule has 0 unspecified atom stereocenters. The van der Waals surface area contributed by atoms with Gasteiger partial charge in [0, 0.05) is 6.54 Å². The lowest BCUT2D eigenvalue weighted by Crippen LogP contribution is -2.46. The molecule has 0 aliphatic heterocycles. The van der Waals surface area contributed by atoms with Crippen molar-refractivity contribution < 1.29 is 14.3 Å². The number of nitrogens with two attached hydrogens (primary N) is 1. The first-order valence-corrected chi connectivity index (χ1v) is 6.03. The summed E-state index contributed by atoms with van der Waals surface area (Å²) in [5, 5.41) is 0. The zero-order chi connectivity index (χ0) is 13.4. The van der Waals surface area contributed by atoms with Gasteiger partial charge in [-0.2, -0.15) is 0 Å². The fourth-order valence-electron chi connectivity index (χ4n) is 1.60. The smallest absolute Gasteiger partial charge is 0.325 e. The van der Waals surface area contributed by atoms with Crippen LogP contribution in [0.15, 0.2) is 0 Å². The summed E-state index contributed by atoms with van der Waals surface area (Å²) in [7, 11) is 1.31. The molecule has 0 saturated carbocycles. The second-order valence-electron chi connectivity index (χ2n) is 4.57. The largest absolute Gasteiger partial charge is 0.468 e. The highest BCUT2D eigenvalue weighted by Crippen LogP contribution is 2.06. The van der Waals surface area contributed by atoms with Gasteiger partial charge < -0.3 is 15.4 Å². The van der Waals surface area contributed by atoms with E-state index in [-0.39, 0.29) is 12.5 Å². The highest BCUT2D eigenvalue weighted by atomic mass is 16.5. The van der Waals surface area contributed by atoms with Crippen LogP contribution in [-0.4, -0.2) is 43.0 Å². The molecule has 0 aromatic rings. The Kier molecular flexibility index (Phi) is 7.54. The number of ether oxygens (including phenoxy) is 1. The van der Waals surface area contributed by atoms with Crippen LogP contribution in [0.3, 0.4) is 0 Å². The molecule has 0 aliphatic carbocycles. The van der Waals surface area contributed by atoms with Crippen molar-refractivity contribution in [2.75, 3.05) is 20.2 Å². The van der Waals surface area contributed by atoms with Crippen LogP contribution in [0.25, 0.3) is 0 Å². The Labute approximate surface area is 103 Å². The van der Waals surface area contributed by atoms with Crippen molar-refractivity contribution in [2.45, 2.75) is 39.7 Å². The molecule has 0 radical (unpaired) electrons. The first kappa shape index (κ1) is 15.9. The highest BCUT2D eigenvalue weighted by Gasteiger charge is 2.23. The van der Waals surface area contributed by atoms with E-state index >= 15 is 0 Å². The lowest BCUT2D eigenvalue weighted by Gasteiger charge is -2.24. The molecule has 5 heteroatoms. The van der Waals surface area contributed by atoms with Gasteiger partial charge in [-0.25, -0.2) is 0 Å². The molecule has 1 atom stereocenters. The summed E-state index contributed by atoms with van der Waals surface area (Å²) in [6, 6.07) is -0.536. The lowest BCUT2D eigenvalue weighted by molar-refractivity contribution is -0.147. The van der Waals surface area contributed by atoms with Gasteiger partial charge in [-0.05, 0) is 18.8 Å². The Morgan fingerprint density at radius 1 is 1.35 bits per heavy atom. The number of amides is 1. The van der Waals surface area contributed by atoms with E-state index in [2.05, 4.69) is 4.74 Å². The third-order valence-corrected chi connectivity index (χ3v) is 2.40. The minimum absolute atomic E-state index is 0.0189. The Morgan fingerprint density at radius 3 is 2.35 bits per heavy atom. The maximum absolute atomic E-state index is 12.0. The first-order chi connectivity index (χ1) is 7.92. The number of hydrogen-bond acceptors (Lipinski definition) is 4. The molecule has 0 saturated heterocycles. The molecule has 0 aromatic carbocycles. The Hall–Kier alpha value is -1.10. The molecule has 100 valence electrons. The summed E-state index contributed by atoms with van der Waals surface area (Å²) in [5.74, 6) is -0.231. The second kappa shape index (κ2) is 8.06. The van der Waals surface area contributed by atoms with Crippen molar-refractivity contribution in [3.05, 3.63) is 0 Å². The first-order valence-electron chi connectivity index (χ1n) is 6.03. The van der Waals surface area contributed by atoms with Gasteiger partial charge in [0.05, 0.1) is 13.2 Å². The summed E-state index contributed by atoms with van der Waals surface area (Å²) in [6.07, 6.45) is 1.41. The molecule has 0 bridgehead atoms. The van der Waals surface area contributed by atoms with Crippen molar-refractivity contribution in [1.29, 1.82) is 0 Å². The van der Waals surface area contributed by atoms with E-state index in [1.165, 1.54) is 12.0 Å². The van der Waals surface area contributed by atoms with Crippen molar-refractivity contribution in [3.63, 3.8) is 0 Å². The topological polar surface area (TPSA) is 72.6 Å². The van der Waals surface area contributed by atoms with E-state index in [1.807, 2.05) is 20.8 Å². The standard InChI is InChI=1S/C12H24N2O3/c1-5-6-14(8-11(15)17-4)12(16)10(13)7-9(2)3/h9-10H,5-8,13H2,1-4H3/t10-/m1/s1. The van der Waals surface area contributed by atoms with Gasteiger partial charge in [0.25, 0.3) is 0 Å². The van der Waals surface area contributed by atoms with Crippen molar-refractivity contribution in [3.8, 4) is 0 Å². The van der Waals surface area contributed by atoms with Crippen LogP contribution >= 0.6 is 0 Å². The van der Waals surface area contributed by atoms with Crippen molar-refractivity contribution >= 4 is 11.9 Å². The molecule has 0 spiro atoms. The molecule has 0 aliphatic rings. The summed E-state index contributed by atoms with van der Waals surface area (Å²) in [4.78, 5) is 24.7. The van der Waals surface area contributed by atoms with Crippen LogP contribution in [-0.2, 0) is 14.3 Å². The van der Waals surface area contributed by atoms with Gasteiger partial charge in [-0.15, -0.1) is 0 Å². The van der Waals surface area contributed by atoms with E-state index in [0.717, 1.165) is 6.42 Å². The number of rotatable bonds is 7. The predicted molar refractivity (Wildman–Crippen MR) is 66.3 cm³/mol. The van der Waals surface area contributed by atoms with Crippen LogP contribution in [0.1, 0.15) is 33.6 Å². The molecule has 0 heterocycles. The third-order valence-electron chi connectivity index (χ3n) is 2.40. The maximum Gasteiger partial charge on any atom is 0.325 e. The average molecular weight is 244 g/mol. The average Bonchev–Trinajstić information content (AvgIpc) is 2.26. The number of methoxy groups -OCH3 is 1. The quantitative estimate of drug-likeness (QED) is 0.671. The minimum Gasteiger partial charge on any atom is -0.468 e. The van der Waals surface area contributed by atoms with E-state index < -0.39 is 12.0 Å². The lowest BCUT2D eigenvalue weighted by atomic mass is 10.0. The van der Waals surface area contributed by atoms with Crippen LogP contribution in [0.4, 0.5) is 0 Å². The van der Waals surface area contributed by atoms with Crippen LogP contribution in [0.2, 0.25) is 0 Å². The molecule has 2 N–H and O–H groups in total. The number of carbonyl (C=O) groups excluding carboxylic acids is 2. The van der Waals surface area contributed by atoms with E-state index in [1.54, 1.807) is 0 Å². The van der Waals surface area contributed by atoms with Crippen LogP contribution < -0.4 is 5.73 Å². The fourth-order valence-corrected chi connectivity index (χ4v) is 1.60. The van der Waals surface area contributed by atoms with E-state index in [4.69, 9.17) is 5.73 Å². The number of hydrogen-bond donors (Lipinski definition) is 1. The van der Waals surface area contributed by atoms with Gasteiger partial charge in [0.15, 0.2) is 0 Å². The maximum atomic E-state index is 12.0. The predicted octanol–water partition coefficient (Wildman–Crippen LogP) is 0.771. The SMILES string of the molecule is CCCN(CC(=O)OC)C(=O)[C@H](N)CC(C)C. The monoisotopic (exact) mass is 244 g/mol. The molecule has 17 heavy (non-hydrogen) atoms. The van der Waals surface area contributed by atoms with Gasteiger partial charge in [0.2, 0.25) is 5.91 Å². The molecule has 0 rings (SSSR count). The Morgan fingerprint density at radius 2 is 1.94 bits per heavy atom. The van der Waals surface area contributed by atoms with Crippen LogP contribution in [0.5, 0.6) is 0 Å². The molecule has 0 fully saturated rings. The molecular weight excluding hydrogens is 220 g/mol. The van der Waals surface area contributed by atoms with E-state index in [0.29, 0.717) is 18.9 Å². The van der Waals surface area contributed by atoms with Crippen LogP contribution in [0, 0.1) is 5.92 Å². The van der Waals surface area contributed by atoms with Gasteiger partial charge in [-0.1, -0.05) is 20.8 Å². The molecular formula is C12H24N2O3. The highest BCUT2D eigenvalue weighted by molar-refractivity contribution is 5.85. The van der Waals surface area contributed by atoms with Crippen molar-refractivity contribution in [1.82, 2.24) is 4.90 Å². The fraction of sp³-hybridized carbons (Fsp3) is 0.833. The van der Waals surface area contributed by atoms with Gasteiger partial charge in [0.1, 0.15) is 6.54 Å². The molecule has 0 aromatic heterocycles. The summed E-state index contributed by atoms with van der Waals surface area (Å²) in [5.41, 5.74) is 5.82. The van der Waals surface area contributed by atoms with Crippen molar-refractivity contribution in [2.24, 2.45) is 11.7 Å². The molecule has 5 nitrogen and oxygen atoms in total. The second-order valence-corrected chi connectivity index (χ2v) is 4.57. The zero-order valence-electron chi connectivity index (χ0n) is 11.2. The Bertz CT molecular complexity index is 254. The Balaban J connectivity index is 4.46. The molecule has 1 amide bonds. The summed E-state index contributed by atoms with van der Waals surface area (Å²) < 4.78 is 4.56. The number of carbonyl (C=O) groups is 2.